The molecule has 1 amide bonds. The third-order valence-corrected chi connectivity index (χ3v) is 6.93. The van der Waals surface area contributed by atoms with Crippen molar-refractivity contribution in [3.05, 3.63) is 65.9 Å². The Bertz CT molecular complexity index is 1180. The van der Waals surface area contributed by atoms with Crippen LogP contribution in [0.2, 0.25) is 0 Å². The number of aryl methyl sites for hydroxylation is 1. The molecule has 0 bridgehead atoms. The molecule has 1 N–H and O–H groups in total. The first-order chi connectivity index (χ1) is 14.3. The van der Waals surface area contributed by atoms with Gasteiger partial charge in [0.05, 0.1) is 30.4 Å². The van der Waals surface area contributed by atoms with Gasteiger partial charge >= 0.3 is 0 Å². The molecule has 0 radical (unpaired) electrons. The minimum atomic E-state index is -3.10. The minimum absolute atomic E-state index is 0.0246. The van der Waals surface area contributed by atoms with Crippen LogP contribution >= 0.6 is 0 Å². The Morgan fingerprint density at radius 1 is 1.17 bits per heavy atom. The van der Waals surface area contributed by atoms with E-state index in [2.05, 4.69) is 10.4 Å². The normalized spacial score (nSPS) is 17.6. The second kappa shape index (κ2) is 7.95. The van der Waals surface area contributed by atoms with Gasteiger partial charge in [0.2, 0.25) is 0 Å². The van der Waals surface area contributed by atoms with Gasteiger partial charge in [-0.2, -0.15) is 5.10 Å². The van der Waals surface area contributed by atoms with Gasteiger partial charge in [-0.15, -0.1) is 0 Å². The molecule has 0 aliphatic carbocycles. The number of aromatic nitrogens is 2. The van der Waals surface area contributed by atoms with E-state index >= 15 is 0 Å². The van der Waals surface area contributed by atoms with E-state index in [1.54, 1.807) is 17.9 Å². The number of ether oxygens (including phenoxy) is 1. The van der Waals surface area contributed by atoms with E-state index in [1.807, 2.05) is 55.5 Å². The molecule has 1 aliphatic heterocycles. The second-order valence-electron chi connectivity index (χ2n) is 7.47. The summed E-state index contributed by atoms with van der Waals surface area (Å²) in [7, 11) is -1.51. The van der Waals surface area contributed by atoms with Gasteiger partial charge in [0, 0.05) is 11.3 Å². The van der Waals surface area contributed by atoms with Gasteiger partial charge in [-0.05, 0) is 61.4 Å². The van der Waals surface area contributed by atoms with E-state index < -0.39 is 9.84 Å². The van der Waals surface area contributed by atoms with Crippen molar-refractivity contribution in [3.8, 4) is 17.0 Å². The second-order valence-corrected chi connectivity index (χ2v) is 9.70. The monoisotopic (exact) mass is 425 g/mol. The molecule has 2 heterocycles. The number of sulfone groups is 1. The lowest BCUT2D eigenvalue weighted by Gasteiger charge is -2.13. The molecule has 1 aliphatic rings. The highest BCUT2D eigenvalue weighted by molar-refractivity contribution is 7.91. The maximum Gasteiger partial charge on any atom is 0.276 e. The first-order valence-electron chi connectivity index (χ1n) is 9.67. The Morgan fingerprint density at radius 2 is 1.93 bits per heavy atom. The van der Waals surface area contributed by atoms with Crippen LogP contribution in [0.1, 0.15) is 28.5 Å². The predicted molar refractivity (Wildman–Crippen MR) is 116 cm³/mol. The quantitative estimate of drug-likeness (QED) is 0.676. The Kier molecular flexibility index (Phi) is 5.34. The number of rotatable bonds is 5. The summed E-state index contributed by atoms with van der Waals surface area (Å²) in [4.78, 5) is 12.8. The Morgan fingerprint density at radius 3 is 2.57 bits per heavy atom. The molecule has 2 aromatic carbocycles. The lowest BCUT2D eigenvalue weighted by molar-refractivity contribution is 0.102. The Hall–Kier alpha value is -3.13. The minimum Gasteiger partial charge on any atom is -0.497 e. The number of anilines is 1. The van der Waals surface area contributed by atoms with Crippen LogP contribution in [0, 0.1) is 6.92 Å². The van der Waals surface area contributed by atoms with Crippen molar-refractivity contribution < 1.29 is 17.9 Å². The number of amides is 1. The fraction of sp³-hybridized carbons (Fsp3) is 0.273. The molecular formula is C22H23N3O4S. The molecule has 1 fully saturated rings. The largest absolute Gasteiger partial charge is 0.497 e. The average Bonchev–Trinajstić information content (AvgIpc) is 3.31. The van der Waals surface area contributed by atoms with E-state index in [9.17, 15) is 13.2 Å². The van der Waals surface area contributed by atoms with Gasteiger partial charge < -0.3 is 10.1 Å². The summed E-state index contributed by atoms with van der Waals surface area (Å²) in [5.41, 5.74) is 3.50. The number of benzene rings is 2. The number of carbonyl (C=O) groups excluding carboxylic acids is 1. The Balaban J connectivity index is 1.70. The van der Waals surface area contributed by atoms with Gasteiger partial charge in [0.1, 0.15) is 5.75 Å². The zero-order valence-corrected chi connectivity index (χ0v) is 17.6. The third kappa shape index (κ3) is 4.23. The van der Waals surface area contributed by atoms with Crippen LogP contribution in [0.4, 0.5) is 5.69 Å². The number of methoxy groups -OCH3 is 1. The van der Waals surface area contributed by atoms with Gasteiger partial charge in [0.25, 0.3) is 5.91 Å². The molecule has 1 aromatic heterocycles. The summed E-state index contributed by atoms with van der Waals surface area (Å²) in [5, 5.41) is 7.37. The van der Waals surface area contributed by atoms with Crippen molar-refractivity contribution >= 4 is 21.4 Å². The lowest BCUT2D eigenvalue weighted by Crippen LogP contribution is -2.16. The first-order valence-corrected chi connectivity index (χ1v) is 11.5. The summed E-state index contributed by atoms with van der Waals surface area (Å²) in [5.74, 6) is 0.530. The molecule has 4 rings (SSSR count). The summed E-state index contributed by atoms with van der Waals surface area (Å²) in [6.07, 6.45) is 0.478. The highest BCUT2D eigenvalue weighted by atomic mass is 32.2. The molecule has 156 valence electrons. The molecule has 0 unspecified atom stereocenters. The van der Waals surface area contributed by atoms with Crippen LogP contribution in [-0.4, -0.2) is 42.7 Å². The van der Waals surface area contributed by atoms with Crippen LogP contribution in [0.25, 0.3) is 11.3 Å². The fourth-order valence-electron chi connectivity index (χ4n) is 3.65. The topological polar surface area (TPSA) is 90.3 Å². The van der Waals surface area contributed by atoms with Crippen LogP contribution in [0.15, 0.2) is 54.6 Å². The van der Waals surface area contributed by atoms with Crippen molar-refractivity contribution in [3.63, 3.8) is 0 Å². The first kappa shape index (κ1) is 20.2. The van der Waals surface area contributed by atoms with E-state index in [1.165, 1.54) is 0 Å². The van der Waals surface area contributed by atoms with Gasteiger partial charge in [-0.25, -0.2) is 8.42 Å². The average molecular weight is 426 g/mol. The smallest absolute Gasteiger partial charge is 0.276 e. The molecule has 7 nitrogen and oxygen atoms in total. The molecule has 0 spiro atoms. The molecular weight excluding hydrogens is 402 g/mol. The number of hydrogen-bond donors (Lipinski definition) is 1. The van der Waals surface area contributed by atoms with Crippen molar-refractivity contribution in [1.29, 1.82) is 0 Å². The fourth-order valence-corrected chi connectivity index (χ4v) is 5.34. The number of nitrogens with one attached hydrogen (secondary N) is 1. The zero-order chi connectivity index (χ0) is 21.3. The van der Waals surface area contributed by atoms with Crippen LogP contribution in [0.5, 0.6) is 5.75 Å². The lowest BCUT2D eigenvalue weighted by atomic mass is 10.1. The summed E-state index contributed by atoms with van der Waals surface area (Å²) in [6.45, 7) is 1.95. The van der Waals surface area contributed by atoms with Crippen LogP contribution in [-0.2, 0) is 9.84 Å². The highest BCUT2D eigenvalue weighted by Crippen LogP contribution is 2.31. The summed E-state index contributed by atoms with van der Waals surface area (Å²) >= 11 is 0. The van der Waals surface area contributed by atoms with E-state index in [0.717, 1.165) is 11.1 Å². The highest BCUT2D eigenvalue weighted by Gasteiger charge is 2.32. The standard InChI is InChI=1S/C22H23N3O4S/c1-15-4-3-5-17(12-15)23-22(26)20-13-21(16-6-8-19(29-2)9-7-16)25(24-20)18-10-11-30(27,28)14-18/h3-9,12-13,18H,10-11,14H2,1-2H3,(H,23,26)/t18-/m1/s1. The maximum absolute atomic E-state index is 12.8. The van der Waals surface area contributed by atoms with Crippen molar-refractivity contribution in [2.24, 2.45) is 0 Å². The number of hydrogen-bond acceptors (Lipinski definition) is 5. The maximum atomic E-state index is 12.8. The van der Waals surface area contributed by atoms with Crippen molar-refractivity contribution in [1.82, 2.24) is 9.78 Å². The van der Waals surface area contributed by atoms with Crippen molar-refractivity contribution in [2.45, 2.75) is 19.4 Å². The van der Waals surface area contributed by atoms with Gasteiger partial charge in [0.15, 0.2) is 15.5 Å². The van der Waals surface area contributed by atoms with Gasteiger partial charge in [-0.1, -0.05) is 12.1 Å². The molecule has 30 heavy (non-hydrogen) atoms. The molecule has 1 saturated heterocycles. The van der Waals surface area contributed by atoms with Crippen LogP contribution < -0.4 is 10.1 Å². The van der Waals surface area contributed by atoms with E-state index in [0.29, 0.717) is 23.6 Å². The van der Waals surface area contributed by atoms with E-state index in [4.69, 9.17) is 4.74 Å². The molecule has 3 aromatic rings. The molecule has 8 heteroatoms. The SMILES string of the molecule is COc1ccc(-c2cc(C(=O)Nc3cccc(C)c3)nn2[C@@H]2CCS(=O)(=O)C2)cc1. The number of nitrogens with zero attached hydrogens (tertiary/aromatic N) is 2. The van der Waals surface area contributed by atoms with Crippen LogP contribution in [0.3, 0.4) is 0 Å². The molecule has 0 saturated carbocycles. The Labute approximate surface area is 175 Å². The van der Waals surface area contributed by atoms with Crippen molar-refractivity contribution in [2.75, 3.05) is 23.9 Å². The third-order valence-electron chi connectivity index (χ3n) is 5.18. The summed E-state index contributed by atoms with van der Waals surface area (Å²) < 4.78 is 30.9. The molecule has 1 atom stereocenters. The van der Waals surface area contributed by atoms with E-state index in [-0.39, 0.29) is 29.1 Å². The zero-order valence-electron chi connectivity index (χ0n) is 16.8. The predicted octanol–water partition coefficient (Wildman–Crippen LogP) is 3.48. The summed E-state index contributed by atoms with van der Waals surface area (Å²) in [6, 6.07) is 16.3. The van der Waals surface area contributed by atoms with Gasteiger partial charge in [-0.3, -0.25) is 9.48 Å². The number of carbonyl (C=O) groups is 1.